The van der Waals surface area contributed by atoms with Crippen LogP contribution in [0, 0.1) is 0 Å². The smallest absolute Gasteiger partial charge is 0.0996 e. The van der Waals surface area contributed by atoms with Crippen molar-refractivity contribution in [2.45, 2.75) is 49.0 Å². The molecule has 0 aliphatic carbocycles. The van der Waals surface area contributed by atoms with Crippen molar-refractivity contribution in [3.63, 3.8) is 0 Å². The number of hydrogen-bond donors (Lipinski definition) is 2. The topological polar surface area (TPSA) is 49.7 Å². The highest BCUT2D eigenvalue weighted by Gasteiger charge is 2.39. The van der Waals surface area contributed by atoms with E-state index in [0.29, 0.717) is 6.42 Å². The van der Waals surface area contributed by atoms with Gasteiger partial charge >= 0.3 is 0 Å². The Bertz CT molecular complexity index is 441. The lowest BCUT2D eigenvalue weighted by Gasteiger charge is -2.23. The molecule has 5 atom stereocenters. The molecule has 1 aliphatic heterocycles. The Morgan fingerprint density at radius 2 is 2.24 bits per heavy atom. The van der Waals surface area contributed by atoms with E-state index < -0.39 is 18.3 Å². The Morgan fingerprint density at radius 1 is 1.52 bits per heavy atom. The first kappa shape index (κ1) is 19.4. The van der Waals surface area contributed by atoms with E-state index in [1.807, 2.05) is 13.0 Å². The maximum absolute atomic E-state index is 10.1. The third-order valence-corrected chi connectivity index (χ3v) is 5.25. The summed E-state index contributed by atoms with van der Waals surface area (Å²) in [6.07, 6.45) is 6.50. The fourth-order valence-corrected chi connectivity index (χ4v) is 2.91. The number of alkyl halides is 1. The summed E-state index contributed by atoms with van der Waals surface area (Å²) in [7, 11) is 0. The molecular formula is C15H19Br3O3. The van der Waals surface area contributed by atoms with Crippen LogP contribution in [0.2, 0.25) is 0 Å². The number of hydrogen-bond acceptors (Lipinski definition) is 3. The molecule has 0 saturated carbocycles. The predicted molar refractivity (Wildman–Crippen MR) is 96.0 cm³/mol. The van der Waals surface area contributed by atoms with Crippen molar-refractivity contribution < 1.29 is 14.9 Å². The minimum atomic E-state index is -0.743. The van der Waals surface area contributed by atoms with Gasteiger partial charge in [-0.05, 0) is 17.0 Å². The first-order valence-corrected chi connectivity index (χ1v) is 9.31. The van der Waals surface area contributed by atoms with Crippen molar-refractivity contribution in [2.24, 2.45) is 0 Å². The summed E-state index contributed by atoms with van der Waals surface area (Å²) in [5.74, 6) is 0. The number of rotatable bonds is 6. The lowest BCUT2D eigenvalue weighted by Crippen LogP contribution is -2.37. The summed E-state index contributed by atoms with van der Waals surface area (Å²) >= 11 is 9.96. The van der Waals surface area contributed by atoms with Crippen LogP contribution < -0.4 is 0 Å². The maximum atomic E-state index is 10.1. The van der Waals surface area contributed by atoms with Crippen molar-refractivity contribution in [2.75, 3.05) is 0 Å². The van der Waals surface area contributed by atoms with Gasteiger partial charge in [0.1, 0.15) is 0 Å². The Labute approximate surface area is 150 Å². The Balaban J connectivity index is 2.62. The standard InChI is InChI=1S/C15H19Br3O3/c1-2-10(17)5-3-7-12(19)14(18)15-13(20)9-11(21-15)6-4-8-16/h3,5-8,11-15,19-20H,2,9H2,1H3/b7-3+,10-5+/t4?,11-,12+,13-,14-,15+/m1/s1. The Hall–Kier alpha value is 0.320. The summed E-state index contributed by atoms with van der Waals surface area (Å²) in [5.41, 5.74) is 2.88. The van der Waals surface area contributed by atoms with Crippen LogP contribution in [0.3, 0.4) is 0 Å². The quantitative estimate of drug-likeness (QED) is 0.340. The van der Waals surface area contributed by atoms with E-state index in [0.717, 1.165) is 10.9 Å². The second-order valence-electron chi connectivity index (χ2n) is 4.67. The Kier molecular flexibility index (Phi) is 9.37. The molecule has 6 heteroatoms. The van der Waals surface area contributed by atoms with Crippen LogP contribution >= 0.6 is 47.8 Å². The molecule has 0 unspecified atom stereocenters. The summed E-state index contributed by atoms with van der Waals surface area (Å²) < 4.78 is 6.79. The molecule has 2 N–H and O–H groups in total. The molecule has 1 fully saturated rings. The minimum Gasteiger partial charge on any atom is -0.390 e. The van der Waals surface area contributed by atoms with Crippen molar-refractivity contribution in [3.05, 3.63) is 39.5 Å². The number of aliphatic hydroxyl groups is 2. The van der Waals surface area contributed by atoms with Crippen LogP contribution in [0.1, 0.15) is 19.8 Å². The molecule has 1 saturated heterocycles. The molecule has 0 amide bonds. The monoisotopic (exact) mass is 484 g/mol. The molecule has 1 heterocycles. The third kappa shape index (κ3) is 6.53. The summed E-state index contributed by atoms with van der Waals surface area (Å²) in [6, 6.07) is 0. The molecule has 0 aromatic carbocycles. The zero-order valence-corrected chi connectivity index (χ0v) is 16.4. The predicted octanol–water partition coefficient (Wildman–Crippen LogP) is 3.94. The van der Waals surface area contributed by atoms with Gasteiger partial charge in [0.15, 0.2) is 0 Å². The molecule has 1 aliphatic rings. The first-order valence-electron chi connectivity index (χ1n) is 6.69. The van der Waals surface area contributed by atoms with E-state index in [1.54, 1.807) is 23.2 Å². The van der Waals surface area contributed by atoms with E-state index in [1.165, 1.54) is 0 Å². The SMILES string of the molecule is CC/C(Br)=C\C=C\[C@H](O)[C@@H](Br)[C@H]1O[C@H](C=C=CBr)C[C@H]1O. The van der Waals surface area contributed by atoms with Gasteiger partial charge in [-0.25, -0.2) is 0 Å². The fourth-order valence-electron chi connectivity index (χ4n) is 1.95. The van der Waals surface area contributed by atoms with Crippen LogP contribution in [0.15, 0.2) is 39.5 Å². The lowest BCUT2D eigenvalue weighted by atomic mass is 10.0. The fraction of sp³-hybridized carbons (Fsp3) is 0.533. The van der Waals surface area contributed by atoms with Crippen LogP contribution in [0.4, 0.5) is 0 Å². The van der Waals surface area contributed by atoms with Gasteiger partial charge in [-0.15, -0.1) is 5.73 Å². The summed E-state index contributed by atoms with van der Waals surface area (Å²) in [4.78, 5) is 1.24. The largest absolute Gasteiger partial charge is 0.390 e. The number of ether oxygens (including phenoxy) is 1. The number of aliphatic hydroxyl groups excluding tert-OH is 2. The van der Waals surface area contributed by atoms with Crippen molar-refractivity contribution in [1.29, 1.82) is 0 Å². The van der Waals surface area contributed by atoms with Crippen molar-refractivity contribution in [3.8, 4) is 0 Å². The van der Waals surface area contributed by atoms with Crippen molar-refractivity contribution >= 4 is 47.8 Å². The van der Waals surface area contributed by atoms with Crippen LogP contribution in [0.5, 0.6) is 0 Å². The van der Waals surface area contributed by atoms with Crippen LogP contribution in [-0.4, -0.2) is 39.5 Å². The average molecular weight is 487 g/mol. The second-order valence-corrected chi connectivity index (χ2v) is 7.21. The molecule has 0 spiro atoms. The molecule has 21 heavy (non-hydrogen) atoms. The van der Waals surface area contributed by atoms with E-state index in [4.69, 9.17) is 4.74 Å². The first-order chi connectivity index (χ1) is 9.99. The highest BCUT2D eigenvalue weighted by molar-refractivity contribution is 9.11. The third-order valence-electron chi connectivity index (χ3n) is 3.09. The minimum absolute atomic E-state index is 0.191. The molecule has 3 nitrogen and oxygen atoms in total. The van der Waals surface area contributed by atoms with E-state index in [-0.39, 0.29) is 10.9 Å². The zero-order valence-electron chi connectivity index (χ0n) is 11.6. The lowest BCUT2D eigenvalue weighted by molar-refractivity contribution is 0.00627. The van der Waals surface area contributed by atoms with Gasteiger partial charge in [0.2, 0.25) is 0 Å². The van der Waals surface area contributed by atoms with E-state index >= 15 is 0 Å². The van der Waals surface area contributed by atoms with Gasteiger partial charge in [0.05, 0.1) is 29.2 Å². The molecule has 118 valence electrons. The molecular weight excluding hydrogens is 468 g/mol. The summed E-state index contributed by atoms with van der Waals surface area (Å²) in [6.45, 7) is 2.04. The number of halogens is 3. The van der Waals surface area contributed by atoms with Gasteiger partial charge in [-0.2, -0.15) is 0 Å². The van der Waals surface area contributed by atoms with Gasteiger partial charge in [0.25, 0.3) is 0 Å². The highest BCUT2D eigenvalue weighted by Crippen LogP contribution is 2.29. The molecule has 1 rings (SSSR count). The second kappa shape index (κ2) is 10.2. The van der Waals surface area contributed by atoms with E-state index in [9.17, 15) is 10.2 Å². The normalized spacial score (nSPS) is 29.2. The van der Waals surface area contributed by atoms with Gasteiger partial charge < -0.3 is 14.9 Å². The highest BCUT2D eigenvalue weighted by atomic mass is 79.9. The summed E-state index contributed by atoms with van der Waals surface area (Å²) in [5, 5.41) is 20.2. The van der Waals surface area contributed by atoms with Crippen LogP contribution in [-0.2, 0) is 4.74 Å². The van der Waals surface area contributed by atoms with E-state index in [2.05, 4.69) is 53.5 Å². The Morgan fingerprint density at radius 3 is 2.86 bits per heavy atom. The maximum Gasteiger partial charge on any atom is 0.0996 e. The zero-order chi connectivity index (χ0) is 15.8. The average Bonchev–Trinajstić information content (AvgIpc) is 2.84. The van der Waals surface area contributed by atoms with Gasteiger partial charge in [-0.1, -0.05) is 72.9 Å². The van der Waals surface area contributed by atoms with Gasteiger partial charge in [-0.3, -0.25) is 0 Å². The van der Waals surface area contributed by atoms with Crippen LogP contribution in [0.25, 0.3) is 0 Å². The van der Waals surface area contributed by atoms with Gasteiger partial charge in [0, 0.05) is 11.4 Å². The number of allylic oxidation sites excluding steroid dienone is 3. The molecule has 0 aromatic rings. The molecule has 0 bridgehead atoms. The molecule has 0 aromatic heterocycles. The molecule has 0 radical (unpaired) electrons. The van der Waals surface area contributed by atoms with Crippen molar-refractivity contribution in [1.82, 2.24) is 0 Å².